The van der Waals surface area contributed by atoms with E-state index in [1.165, 1.54) is 11.3 Å². The Morgan fingerprint density at radius 3 is 2.69 bits per heavy atom. The summed E-state index contributed by atoms with van der Waals surface area (Å²) in [5, 5.41) is 10.6. The summed E-state index contributed by atoms with van der Waals surface area (Å²) in [6.07, 6.45) is 0. The highest BCUT2D eigenvalue weighted by atomic mass is 32.1. The predicted octanol–water partition coefficient (Wildman–Crippen LogP) is 2.66. The molecular formula is C18H18N4O3S. The van der Waals surface area contributed by atoms with E-state index in [4.69, 9.17) is 4.74 Å². The molecule has 3 aromatic rings. The average molecular weight is 370 g/mol. The fraction of sp³-hybridized carbons (Fsp3) is 0.278. The van der Waals surface area contributed by atoms with Crippen molar-refractivity contribution < 1.29 is 14.3 Å². The molecule has 0 saturated carbocycles. The third-order valence-corrected chi connectivity index (χ3v) is 5.34. The number of hydrogen-bond donors (Lipinski definition) is 2. The normalized spacial score (nSPS) is 14.6. The Kier molecular flexibility index (Phi) is 4.44. The summed E-state index contributed by atoms with van der Waals surface area (Å²) < 4.78 is 5.29. The first-order valence-electron chi connectivity index (χ1n) is 8.35. The molecule has 0 atom stereocenters. The van der Waals surface area contributed by atoms with E-state index in [9.17, 15) is 9.59 Å². The van der Waals surface area contributed by atoms with Crippen molar-refractivity contribution >= 4 is 39.2 Å². The number of fused-ring (bicyclic) bond motifs is 1. The minimum atomic E-state index is -0.231. The molecule has 2 amide bonds. The van der Waals surface area contributed by atoms with Crippen molar-refractivity contribution in [3.05, 3.63) is 46.3 Å². The third-order valence-electron chi connectivity index (χ3n) is 4.31. The lowest BCUT2D eigenvalue weighted by Crippen LogP contribution is -2.40. The molecule has 2 N–H and O–H groups in total. The Hall–Kier alpha value is -2.71. The number of aromatic nitrogens is 2. The molecule has 0 radical (unpaired) electrons. The molecule has 0 aliphatic carbocycles. The molecule has 4 rings (SSSR count). The fourth-order valence-corrected chi connectivity index (χ4v) is 3.79. The van der Waals surface area contributed by atoms with Crippen LogP contribution in [0.15, 0.2) is 30.3 Å². The summed E-state index contributed by atoms with van der Waals surface area (Å²) >= 11 is 1.34. The summed E-state index contributed by atoms with van der Waals surface area (Å²) in [6.45, 7) is 4.29. The minimum Gasteiger partial charge on any atom is -0.378 e. The van der Waals surface area contributed by atoms with E-state index in [0.717, 1.165) is 15.8 Å². The number of carbonyl (C=O) groups excluding carboxylic acids is 2. The second-order valence-electron chi connectivity index (χ2n) is 6.15. The van der Waals surface area contributed by atoms with E-state index in [0.29, 0.717) is 42.6 Å². The van der Waals surface area contributed by atoms with Crippen molar-refractivity contribution in [1.29, 1.82) is 0 Å². The van der Waals surface area contributed by atoms with E-state index in [1.54, 1.807) is 23.1 Å². The number of carbonyl (C=O) groups is 2. The molecule has 2 aromatic heterocycles. The average Bonchev–Trinajstić information content (AvgIpc) is 3.24. The zero-order chi connectivity index (χ0) is 18.1. The van der Waals surface area contributed by atoms with Crippen molar-refractivity contribution in [2.24, 2.45) is 0 Å². The first-order valence-corrected chi connectivity index (χ1v) is 9.16. The first kappa shape index (κ1) is 16.7. The van der Waals surface area contributed by atoms with Gasteiger partial charge in [-0.05, 0) is 25.1 Å². The van der Waals surface area contributed by atoms with Gasteiger partial charge in [-0.1, -0.05) is 17.7 Å². The summed E-state index contributed by atoms with van der Waals surface area (Å²) in [5.41, 5.74) is 1.65. The van der Waals surface area contributed by atoms with Crippen LogP contribution in [0.1, 0.15) is 25.6 Å². The van der Waals surface area contributed by atoms with Gasteiger partial charge in [-0.3, -0.25) is 14.7 Å². The third kappa shape index (κ3) is 3.21. The van der Waals surface area contributed by atoms with Crippen molar-refractivity contribution in [2.75, 3.05) is 31.6 Å². The smallest absolute Gasteiger partial charge is 0.264 e. The number of H-pyrrole nitrogens is 1. The molecule has 1 aliphatic rings. The minimum absolute atomic E-state index is 0.0151. The standard InChI is InChI=1S/C18H18N4O3S/c1-11-2-4-12(5-3-11)16(23)19-15-13-10-14(26-17(13)21-20-15)18(24)22-6-8-25-9-7-22/h2-5,10H,6-9H2,1H3,(H2,19,20,21,23). The van der Waals surface area contributed by atoms with E-state index in [1.807, 2.05) is 19.1 Å². The molecule has 0 unspecified atom stereocenters. The van der Waals surface area contributed by atoms with Gasteiger partial charge in [0.15, 0.2) is 5.82 Å². The van der Waals surface area contributed by atoms with E-state index in [-0.39, 0.29) is 11.8 Å². The number of nitrogens with zero attached hydrogens (tertiary/aromatic N) is 2. The monoisotopic (exact) mass is 370 g/mol. The molecule has 3 heterocycles. The van der Waals surface area contributed by atoms with Gasteiger partial charge in [0.1, 0.15) is 4.83 Å². The predicted molar refractivity (Wildman–Crippen MR) is 99.8 cm³/mol. The van der Waals surface area contributed by atoms with Crippen LogP contribution in [0.3, 0.4) is 0 Å². The lowest BCUT2D eigenvalue weighted by molar-refractivity contribution is 0.0306. The Morgan fingerprint density at radius 2 is 1.96 bits per heavy atom. The highest BCUT2D eigenvalue weighted by Crippen LogP contribution is 2.30. The van der Waals surface area contributed by atoms with E-state index in [2.05, 4.69) is 15.5 Å². The SMILES string of the molecule is Cc1ccc(C(=O)Nc2n[nH]c3sc(C(=O)N4CCOCC4)cc23)cc1. The number of benzene rings is 1. The van der Waals surface area contributed by atoms with Crippen LogP contribution in [0, 0.1) is 6.92 Å². The molecule has 1 fully saturated rings. The maximum Gasteiger partial charge on any atom is 0.264 e. The zero-order valence-electron chi connectivity index (χ0n) is 14.2. The molecule has 1 aliphatic heterocycles. The van der Waals surface area contributed by atoms with Crippen LogP contribution < -0.4 is 5.32 Å². The van der Waals surface area contributed by atoms with Gasteiger partial charge >= 0.3 is 0 Å². The number of aromatic amines is 1. The molecule has 0 bridgehead atoms. The van der Waals surface area contributed by atoms with Gasteiger partial charge in [0.05, 0.1) is 23.5 Å². The van der Waals surface area contributed by atoms with Crippen molar-refractivity contribution in [3.63, 3.8) is 0 Å². The molecule has 1 aromatic carbocycles. The van der Waals surface area contributed by atoms with Crippen LogP contribution in [0.25, 0.3) is 10.2 Å². The summed E-state index contributed by atoms with van der Waals surface area (Å²) in [7, 11) is 0. The Bertz CT molecular complexity index is 955. The van der Waals surface area contributed by atoms with Gasteiger partial charge in [-0.25, -0.2) is 0 Å². The largest absolute Gasteiger partial charge is 0.378 e. The van der Waals surface area contributed by atoms with Crippen molar-refractivity contribution in [1.82, 2.24) is 15.1 Å². The first-order chi connectivity index (χ1) is 12.6. The molecule has 8 heteroatoms. The van der Waals surface area contributed by atoms with Gasteiger partial charge in [-0.15, -0.1) is 11.3 Å². The number of nitrogens with one attached hydrogen (secondary N) is 2. The summed E-state index contributed by atoms with van der Waals surface area (Å²) in [4.78, 5) is 28.2. The zero-order valence-corrected chi connectivity index (χ0v) is 15.1. The Balaban J connectivity index is 1.55. The molecular weight excluding hydrogens is 352 g/mol. The number of ether oxygens (including phenoxy) is 1. The van der Waals surface area contributed by atoms with Crippen LogP contribution >= 0.6 is 11.3 Å². The van der Waals surface area contributed by atoms with E-state index < -0.39 is 0 Å². The van der Waals surface area contributed by atoms with Gasteiger partial charge in [0.2, 0.25) is 0 Å². The number of thiophene rings is 1. The topological polar surface area (TPSA) is 87.3 Å². The highest BCUT2D eigenvalue weighted by Gasteiger charge is 2.22. The van der Waals surface area contributed by atoms with Gasteiger partial charge in [0.25, 0.3) is 11.8 Å². The number of amides is 2. The van der Waals surface area contributed by atoms with Crippen LogP contribution in [0.4, 0.5) is 5.82 Å². The number of aryl methyl sites for hydroxylation is 1. The lowest BCUT2D eigenvalue weighted by Gasteiger charge is -2.26. The highest BCUT2D eigenvalue weighted by molar-refractivity contribution is 7.20. The second-order valence-corrected chi connectivity index (χ2v) is 7.20. The van der Waals surface area contributed by atoms with Crippen molar-refractivity contribution in [2.45, 2.75) is 6.92 Å². The maximum atomic E-state index is 12.6. The molecule has 0 spiro atoms. The lowest BCUT2D eigenvalue weighted by atomic mass is 10.1. The quantitative estimate of drug-likeness (QED) is 0.742. The van der Waals surface area contributed by atoms with Crippen molar-refractivity contribution in [3.8, 4) is 0 Å². The molecule has 1 saturated heterocycles. The molecule has 26 heavy (non-hydrogen) atoms. The molecule has 134 valence electrons. The Morgan fingerprint density at radius 1 is 1.23 bits per heavy atom. The number of rotatable bonds is 3. The Labute approximate surface area is 154 Å². The van der Waals surface area contributed by atoms with Gasteiger partial charge < -0.3 is 15.0 Å². The second kappa shape index (κ2) is 6.89. The fourth-order valence-electron chi connectivity index (χ4n) is 2.82. The summed E-state index contributed by atoms with van der Waals surface area (Å²) in [6, 6.07) is 9.11. The number of hydrogen-bond acceptors (Lipinski definition) is 5. The van der Waals surface area contributed by atoms with Gasteiger partial charge in [-0.2, -0.15) is 5.10 Å². The summed E-state index contributed by atoms with van der Waals surface area (Å²) in [5.74, 6) is 0.187. The molecule has 7 nitrogen and oxygen atoms in total. The van der Waals surface area contributed by atoms with Gasteiger partial charge in [0, 0.05) is 18.7 Å². The van der Waals surface area contributed by atoms with Crippen LogP contribution in [-0.2, 0) is 4.74 Å². The number of anilines is 1. The number of morpholine rings is 1. The van der Waals surface area contributed by atoms with E-state index >= 15 is 0 Å². The van der Waals surface area contributed by atoms with Crippen LogP contribution in [0.2, 0.25) is 0 Å². The van der Waals surface area contributed by atoms with Crippen LogP contribution in [-0.4, -0.2) is 53.2 Å². The maximum absolute atomic E-state index is 12.6. The van der Waals surface area contributed by atoms with Crippen LogP contribution in [0.5, 0.6) is 0 Å².